The zero-order valence-electron chi connectivity index (χ0n) is 21.0. The maximum Gasteiger partial charge on any atom is 0.229 e. The van der Waals surface area contributed by atoms with E-state index in [1.165, 1.54) is 12.8 Å². The molecule has 8 nitrogen and oxygen atoms in total. The van der Waals surface area contributed by atoms with E-state index < -0.39 is 5.82 Å². The van der Waals surface area contributed by atoms with Crippen molar-refractivity contribution >= 4 is 28.7 Å². The predicted molar refractivity (Wildman–Crippen MR) is 142 cm³/mol. The molecule has 2 aromatic rings. The van der Waals surface area contributed by atoms with Crippen LogP contribution in [0.25, 0.3) is 5.57 Å². The Balaban J connectivity index is 1.34. The minimum Gasteiger partial charge on any atom is -0.391 e. The lowest BCUT2D eigenvalue weighted by Gasteiger charge is -2.25. The highest BCUT2D eigenvalue weighted by Gasteiger charge is 2.40. The van der Waals surface area contributed by atoms with Crippen molar-refractivity contribution in [2.24, 2.45) is 5.92 Å². The van der Waals surface area contributed by atoms with Gasteiger partial charge in [0.2, 0.25) is 5.95 Å². The van der Waals surface area contributed by atoms with Crippen LogP contribution in [0.3, 0.4) is 0 Å². The van der Waals surface area contributed by atoms with Gasteiger partial charge in [-0.3, -0.25) is 0 Å². The summed E-state index contributed by atoms with van der Waals surface area (Å²) in [6, 6.07) is 3.95. The van der Waals surface area contributed by atoms with Crippen LogP contribution in [0.15, 0.2) is 54.0 Å². The Morgan fingerprint density at radius 1 is 1.19 bits per heavy atom. The molecule has 36 heavy (non-hydrogen) atoms. The van der Waals surface area contributed by atoms with E-state index in [-0.39, 0.29) is 23.1 Å². The maximum absolute atomic E-state index is 14.8. The van der Waals surface area contributed by atoms with Crippen molar-refractivity contribution in [1.29, 1.82) is 5.41 Å². The molecule has 1 atom stereocenters. The van der Waals surface area contributed by atoms with Gasteiger partial charge in [-0.15, -0.1) is 0 Å². The molecule has 1 unspecified atom stereocenters. The third-order valence-electron chi connectivity index (χ3n) is 7.21. The van der Waals surface area contributed by atoms with Crippen molar-refractivity contribution in [1.82, 2.24) is 25.6 Å². The van der Waals surface area contributed by atoms with Gasteiger partial charge in [0.25, 0.3) is 0 Å². The molecule has 188 valence electrons. The highest BCUT2D eigenvalue weighted by Crippen LogP contribution is 2.33. The first-order chi connectivity index (χ1) is 17.4. The van der Waals surface area contributed by atoms with Crippen molar-refractivity contribution in [2.75, 3.05) is 36.9 Å². The van der Waals surface area contributed by atoms with Crippen LogP contribution in [0.5, 0.6) is 0 Å². The van der Waals surface area contributed by atoms with Gasteiger partial charge in [-0.1, -0.05) is 19.9 Å². The molecule has 2 aromatic heterocycles. The van der Waals surface area contributed by atoms with E-state index in [1.54, 1.807) is 18.2 Å². The second kappa shape index (κ2) is 9.81. The molecule has 4 heterocycles. The molecule has 0 bridgehead atoms. The third-order valence-corrected chi connectivity index (χ3v) is 7.21. The van der Waals surface area contributed by atoms with Gasteiger partial charge < -0.3 is 26.3 Å². The van der Waals surface area contributed by atoms with E-state index in [1.807, 2.05) is 25.4 Å². The van der Waals surface area contributed by atoms with Gasteiger partial charge in [0.1, 0.15) is 11.5 Å². The van der Waals surface area contributed by atoms with Crippen molar-refractivity contribution in [3.8, 4) is 0 Å². The minimum absolute atomic E-state index is 0.177. The Labute approximate surface area is 211 Å². The molecule has 4 N–H and O–H groups in total. The summed E-state index contributed by atoms with van der Waals surface area (Å²) in [5, 5.41) is 18.3. The fraction of sp³-hybridized carbons (Fsp3) is 0.407. The minimum atomic E-state index is -0.522. The largest absolute Gasteiger partial charge is 0.391 e. The highest BCUT2D eigenvalue weighted by molar-refractivity contribution is 6.13. The fourth-order valence-corrected chi connectivity index (χ4v) is 5.35. The fourth-order valence-electron chi connectivity index (χ4n) is 5.35. The van der Waals surface area contributed by atoms with Crippen LogP contribution < -0.4 is 20.9 Å². The first-order valence-electron chi connectivity index (χ1n) is 12.5. The van der Waals surface area contributed by atoms with Crippen molar-refractivity contribution in [3.63, 3.8) is 0 Å². The topological polar surface area (TPSA) is 102 Å². The second-order valence-electron chi connectivity index (χ2n) is 9.98. The maximum atomic E-state index is 14.8. The summed E-state index contributed by atoms with van der Waals surface area (Å²) in [7, 11) is 1.83. The van der Waals surface area contributed by atoms with Crippen molar-refractivity contribution < 1.29 is 4.39 Å². The lowest BCUT2D eigenvalue weighted by Crippen LogP contribution is -2.42. The predicted octanol–water partition coefficient (Wildman–Crippen LogP) is 4.19. The molecule has 0 radical (unpaired) electrons. The van der Waals surface area contributed by atoms with Crippen molar-refractivity contribution in [3.05, 3.63) is 65.5 Å². The number of nitrogens with zero attached hydrogens (tertiary/aromatic N) is 4. The number of rotatable bonds is 6. The van der Waals surface area contributed by atoms with E-state index in [0.717, 1.165) is 49.2 Å². The first-order valence-corrected chi connectivity index (χ1v) is 12.5. The molecule has 0 aromatic carbocycles. The van der Waals surface area contributed by atoms with Crippen LogP contribution in [0.2, 0.25) is 0 Å². The zero-order valence-corrected chi connectivity index (χ0v) is 21.0. The Hall–Kier alpha value is -3.59. The molecule has 2 saturated heterocycles. The average molecular weight is 489 g/mol. The third kappa shape index (κ3) is 4.75. The summed E-state index contributed by atoms with van der Waals surface area (Å²) >= 11 is 0. The number of hydrogen-bond acceptors (Lipinski definition) is 8. The van der Waals surface area contributed by atoms with Crippen LogP contribution >= 0.6 is 0 Å². The van der Waals surface area contributed by atoms with E-state index in [0.29, 0.717) is 17.1 Å². The standard InChI is InChI=1S/C27H33FN8/c1-17(2)24(30-3)20-13-18(5-7-22(20)29)25-21(28)15-32-26(35-25)34-23-8-6-19(14-31-23)36-12-10-27(16-36)9-4-11-33-27/h5-8,13-15,17,29-30,33H,4,9-12,16H2,1-3H3,(H,31,32,34,35)/b24-20-,29-22?. The molecule has 9 heteroatoms. The molecule has 2 fully saturated rings. The van der Waals surface area contributed by atoms with Gasteiger partial charge in [-0.2, -0.15) is 0 Å². The summed E-state index contributed by atoms with van der Waals surface area (Å²) in [4.78, 5) is 15.5. The van der Waals surface area contributed by atoms with Gasteiger partial charge in [0, 0.05) is 42.5 Å². The number of nitrogens with one attached hydrogen (secondary N) is 4. The lowest BCUT2D eigenvalue weighted by atomic mass is 9.93. The number of aromatic nitrogens is 3. The summed E-state index contributed by atoms with van der Waals surface area (Å²) < 4.78 is 14.8. The molecule has 3 aliphatic rings. The number of halogens is 1. The van der Waals surface area contributed by atoms with Crippen LogP contribution in [0, 0.1) is 17.1 Å². The average Bonchev–Trinajstić information content (AvgIpc) is 3.52. The lowest BCUT2D eigenvalue weighted by molar-refractivity contribution is 0.419. The van der Waals surface area contributed by atoms with Crippen LogP contribution in [0.4, 0.5) is 21.8 Å². The smallest absolute Gasteiger partial charge is 0.229 e. The van der Waals surface area contributed by atoms with Gasteiger partial charge in [-0.05, 0) is 56.0 Å². The van der Waals surface area contributed by atoms with Crippen LogP contribution in [-0.2, 0) is 0 Å². The Morgan fingerprint density at radius 3 is 2.75 bits per heavy atom. The van der Waals surface area contributed by atoms with Gasteiger partial charge >= 0.3 is 0 Å². The summed E-state index contributed by atoms with van der Waals surface area (Å²) in [6.45, 7) is 7.24. The Kier molecular flexibility index (Phi) is 6.57. The van der Waals surface area contributed by atoms with E-state index in [4.69, 9.17) is 5.41 Å². The normalized spacial score (nSPS) is 23.0. The molecule has 1 aliphatic carbocycles. The number of hydrogen-bond donors (Lipinski definition) is 4. The van der Waals surface area contributed by atoms with Gasteiger partial charge in [0.05, 0.1) is 23.8 Å². The Bertz CT molecular complexity index is 1240. The molecule has 2 aliphatic heterocycles. The summed E-state index contributed by atoms with van der Waals surface area (Å²) in [5.41, 5.74) is 4.14. The highest BCUT2D eigenvalue weighted by atomic mass is 19.1. The Morgan fingerprint density at radius 2 is 2.06 bits per heavy atom. The molecule has 5 rings (SSSR count). The van der Waals surface area contributed by atoms with Crippen LogP contribution in [0.1, 0.15) is 38.8 Å². The SMILES string of the molecule is CN/C(=C1/C=C(c2nc(Nc3ccc(N4CCC5(CCCN5)C4)cn3)ncc2F)C=CC1=N)C(C)C. The van der Waals surface area contributed by atoms with Crippen molar-refractivity contribution in [2.45, 2.75) is 38.6 Å². The molecule has 1 spiro atoms. The molecular weight excluding hydrogens is 455 g/mol. The molecule has 0 amide bonds. The van der Waals surface area contributed by atoms with E-state index in [2.05, 4.69) is 49.6 Å². The summed E-state index contributed by atoms with van der Waals surface area (Å²) in [5.74, 6) is 0.528. The number of allylic oxidation sites excluding steroid dienone is 6. The summed E-state index contributed by atoms with van der Waals surface area (Å²) in [6.07, 6.45) is 11.9. The molecular formula is C27H33FN8. The quantitative estimate of drug-likeness (QED) is 0.484. The number of anilines is 3. The second-order valence-corrected chi connectivity index (χ2v) is 9.98. The van der Waals surface area contributed by atoms with Gasteiger partial charge in [0.15, 0.2) is 5.82 Å². The zero-order chi connectivity index (χ0) is 25.3. The number of pyridine rings is 1. The first kappa shape index (κ1) is 24.1. The monoisotopic (exact) mass is 488 g/mol. The van der Waals surface area contributed by atoms with Gasteiger partial charge in [-0.25, -0.2) is 19.3 Å². The van der Waals surface area contributed by atoms with E-state index >= 15 is 0 Å². The molecule has 0 saturated carbocycles. The van der Waals surface area contributed by atoms with Crippen LogP contribution in [-0.4, -0.2) is 52.9 Å². The van der Waals surface area contributed by atoms with E-state index in [9.17, 15) is 4.39 Å².